The topological polar surface area (TPSA) is 35.6 Å². The smallest absolute Gasteiger partial charge is 0.236 e. The molecule has 2 aromatic carbocycles. The second kappa shape index (κ2) is 9.39. The van der Waals surface area contributed by atoms with Crippen molar-refractivity contribution in [3.8, 4) is 0 Å². The minimum Gasteiger partial charge on any atom is -0.368 e. The van der Waals surface area contributed by atoms with E-state index in [4.69, 9.17) is 11.6 Å². The monoisotopic (exact) mass is 403 g/mol. The first-order valence-electron chi connectivity index (χ1n) is 9.71. The van der Waals surface area contributed by atoms with Crippen LogP contribution in [0.25, 0.3) is 0 Å². The number of carbonyl (C=O) groups excluding carboxylic acids is 1. The molecule has 1 aliphatic heterocycles. The second-order valence-electron chi connectivity index (χ2n) is 7.50. The number of halogens is 2. The van der Waals surface area contributed by atoms with Gasteiger partial charge in [0, 0.05) is 42.9 Å². The van der Waals surface area contributed by atoms with E-state index in [1.807, 2.05) is 29.2 Å². The summed E-state index contributed by atoms with van der Waals surface area (Å²) >= 11 is 6.08. The van der Waals surface area contributed by atoms with E-state index in [1.165, 1.54) is 12.1 Å². The van der Waals surface area contributed by atoms with Crippen LogP contribution in [0.1, 0.15) is 25.5 Å². The first-order valence-corrected chi connectivity index (χ1v) is 10.1. The van der Waals surface area contributed by atoms with Crippen LogP contribution in [0.5, 0.6) is 0 Å². The summed E-state index contributed by atoms with van der Waals surface area (Å²) < 4.78 is 13.2. The Balaban J connectivity index is 1.53. The van der Waals surface area contributed by atoms with Gasteiger partial charge in [0.1, 0.15) is 5.82 Å². The predicted molar refractivity (Wildman–Crippen MR) is 112 cm³/mol. The molecule has 1 atom stereocenters. The summed E-state index contributed by atoms with van der Waals surface area (Å²) in [7, 11) is 0. The first-order chi connectivity index (χ1) is 13.4. The Kier molecular flexibility index (Phi) is 6.92. The molecule has 1 heterocycles. The van der Waals surface area contributed by atoms with Crippen LogP contribution in [-0.4, -0.2) is 43.5 Å². The van der Waals surface area contributed by atoms with Gasteiger partial charge in [-0.15, -0.1) is 0 Å². The summed E-state index contributed by atoms with van der Waals surface area (Å²) in [6.45, 7) is 7.42. The normalized spacial score (nSPS) is 15.8. The highest BCUT2D eigenvalue weighted by atomic mass is 35.5. The third kappa shape index (κ3) is 5.24. The van der Waals surface area contributed by atoms with Gasteiger partial charge in [-0.2, -0.15) is 0 Å². The van der Waals surface area contributed by atoms with Crippen molar-refractivity contribution in [1.29, 1.82) is 0 Å². The molecule has 0 bridgehead atoms. The Bertz CT molecular complexity index is 789. The first kappa shape index (κ1) is 20.6. The number of piperazine rings is 1. The largest absolute Gasteiger partial charge is 0.368 e. The van der Waals surface area contributed by atoms with Crippen molar-refractivity contribution in [2.24, 2.45) is 5.92 Å². The summed E-state index contributed by atoms with van der Waals surface area (Å²) in [5.41, 5.74) is 2.09. The molecule has 2 aromatic rings. The third-order valence-corrected chi connectivity index (χ3v) is 5.41. The molecule has 0 saturated carbocycles. The summed E-state index contributed by atoms with van der Waals surface area (Å²) in [6, 6.07) is 14.3. The van der Waals surface area contributed by atoms with Gasteiger partial charge in [0.15, 0.2) is 0 Å². The van der Waals surface area contributed by atoms with Gasteiger partial charge >= 0.3 is 0 Å². The maximum absolute atomic E-state index is 13.2. The second-order valence-corrected chi connectivity index (χ2v) is 7.94. The molecule has 0 unspecified atom stereocenters. The van der Waals surface area contributed by atoms with Crippen molar-refractivity contribution in [2.45, 2.75) is 19.9 Å². The van der Waals surface area contributed by atoms with Gasteiger partial charge in [-0.1, -0.05) is 43.6 Å². The average Bonchev–Trinajstić information content (AvgIpc) is 2.69. The summed E-state index contributed by atoms with van der Waals surface area (Å²) in [6.07, 6.45) is 0. The van der Waals surface area contributed by atoms with Crippen LogP contribution in [0.15, 0.2) is 48.5 Å². The van der Waals surface area contributed by atoms with Crippen LogP contribution >= 0.6 is 11.6 Å². The van der Waals surface area contributed by atoms with E-state index >= 15 is 0 Å². The van der Waals surface area contributed by atoms with Crippen LogP contribution in [0.3, 0.4) is 0 Å². The molecule has 0 aromatic heterocycles. The molecular weight excluding hydrogens is 377 g/mol. The van der Waals surface area contributed by atoms with Gasteiger partial charge in [0.2, 0.25) is 5.91 Å². The number of nitrogens with one attached hydrogen (secondary N) is 1. The number of nitrogens with zero attached hydrogens (tertiary/aromatic N) is 2. The lowest BCUT2D eigenvalue weighted by Crippen LogP contribution is -2.51. The zero-order valence-electron chi connectivity index (χ0n) is 16.4. The van der Waals surface area contributed by atoms with E-state index in [0.29, 0.717) is 13.1 Å². The Morgan fingerprint density at radius 3 is 2.39 bits per heavy atom. The van der Waals surface area contributed by atoms with E-state index < -0.39 is 0 Å². The number of hydrogen-bond acceptors (Lipinski definition) is 3. The van der Waals surface area contributed by atoms with Crippen LogP contribution in [0, 0.1) is 11.7 Å². The number of benzene rings is 2. The Labute approximate surface area is 171 Å². The Hall–Kier alpha value is -2.11. The summed E-state index contributed by atoms with van der Waals surface area (Å²) in [5, 5.41) is 4.08. The van der Waals surface area contributed by atoms with E-state index in [1.54, 1.807) is 12.1 Å². The molecule has 28 heavy (non-hydrogen) atoms. The summed E-state index contributed by atoms with van der Waals surface area (Å²) in [4.78, 5) is 16.8. The summed E-state index contributed by atoms with van der Waals surface area (Å²) in [5.74, 6) is 0.136. The van der Waals surface area contributed by atoms with Crippen molar-refractivity contribution < 1.29 is 9.18 Å². The standard InChI is InChI=1S/C22H27ClFN3O/c1-16(2)22(17-6-8-19(24)9-7-17)25-15-21(28)27-12-10-26(11-13-27)20-5-3-4-18(23)14-20/h3-9,14,16,22,25H,10-13,15H2,1-2H3/t22-/m1/s1. The van der Waals surface area contributed by atoms with Gasteiger partial charge in [-0.3, -0.25) is 4.79 Å². The molecule has 150 valence electrons. The zero-order valence-corrected chi connectivity index (χ0v) is 17.1. The minimum atomic E-state index is -0.250. The van der Waals surface area contributed by atoms with Gasteiger partial charge in [-0.05, 0) is 41.8 Å². The van der Waals surface area contributed by atoms with Gasteiger partial charge < -0.3 is 15.1 Å². The SMILES string of the molecule is CC(C)[C@@H](NCC(=O)N1CCN(c2cccc(Cl)c2)CC1)c1ccc(F)cc1. The van der Waals surface area contributed by atoms with E-state index in [2.05, 4.69) is 24.1 Å². The highest BCUT2D eigenvalue weighted by Crippen LogP contribution is 2.23. The molecule has 1 fully saturated rings. The Morgan fingerprint density at radius 1 is 1.11 bits per heavy atom. The Morgan fingerprint density at radius 2 is 1.79 bits per heavy atom. The van der Waals surface area contributed by atoms with Gasteiger partial charge in [-0.25, -0.2) is 4.39 Å². The van der Waals surface area contributed by atoms with Crippen molar-refractivity contribution in [1.82, 2.24) is 10.2 Å². The van der Waals surface area contributed by atoms with Gasteiger partial charge in [0.05, 0.1) is 6.54 Å². The van der Waals surface area contributed by atoms with E-state index in [9.17, 15) is 9.18 Å². The molecule has 1 amide bonds. The molecule has 1 saturated heterocycles. The maximum atomic E-state index is 13.2. The fourth-order valence-corrected chi connectivity index (χ4v) is 3.79. The van der Waals surface area contributed by atoms with Crippen LogP contribution in [0.2, 0.25) is 5.02 Å². The quantitative estimate of drug-likeness (QED) is 0.788. The fourth-order valence-electron chi connectivity index (χ4n) is 3.60. The van der Waals surface area contributed by atoms with Crippen molar-refractivity contribution in [3.63, 3.8) is 0 Å². The maximum Gasteiger partial charge on any atom is 0.236 e. The lowest BCUT2D eigenvalue weighted by Gasteiger charge is -2.36. The molecule has 1 N–H and O–H groups in total. The van der Waals surface area contributed by atoms with Crippen LogP contribution < -0.4 is 10.2 Å². The van der Waals surface area contributed by atoms with Gasteiger partial charge in [0.25, 0.3) is 0 Å². The highest BCUT2D eigenvalue weighted by molar-refractivity contribution is 6.30. The lowest BCUT2D eigenvalue weighted by molar-refractivity contribution is -0.130. The third-order valence-electron chi connectivity index (χ3n) is 5.17. The minimum absolute atomic E-state index is 0.0114. The number of hydrogen-bond donors (Lipinski definition) is 1. The molecular formula is C22H27ClFN3O. The van der Waals surface area contributed by atoms with Crippen molar-refractivity contribution in [3.05, 3.63) is 64.9 Å². The van der Waals surface area contributed by atoms with Crippen LogP contribution in [-0.2, 0) is 4.79 Å². The molecule has 0 radical (unpaired) electrons. The molecule has 0 spiro atoms. The van der Waals surface area contributed by atoms with Crippen molar-refractivity contribution >= 4 is 23.2 Å². The molecule has 3 rings (SSSR count). The molecule has 4 nitrogen and oxygen atoms in total. The number of carbonyl (C=O) groups is 1. The van der Waals surface area contributed by atoms with Crippen molar-refractivity contribution in [2.75, 3.05) is 37.6 Å². The fraction of sp³-hybridized carbons (Fsp3) is 0.409. The van der Waals surface area contributed by atoms with E-state index in [-0.39, 0.29) is 30.2 Å². The molecule has 0 aliphatic carbocycles. The number of amides is 1. The highest BCUT2D eigenvalue weighted by Gasteiger charge is 2.23. The zero-order chi connectivity index (χ0) is 20.1. The molecule has 1 aliphatic rings. The lowest BCUT2D eigenvalue weighted by atomic mass is 9.96. The van der Waals surface area contributed by atoms with E-state index in [0.717, 1.165) is 29.4 Å². The predicted octanol–water partition coefficient (Wildman–Crippen LogP) is 4.11. The average molecular weight is 404 g/mol. The number of anilines is 1. The number of rotatable bonds is 6. The molecule has 6 heteroatoms. The van der Waals surface area contributed by atoms with Crippen LogP contribution in [0.4, 0.5) is 10.1 Å².